The number of carbonyl (C=O) groups excluding carboxylic acids is 1. The number of anilines is 2. The molecule has 1 saturated heterocycles. The molecule has 0 atom stereocenters. The summed E-state index contributed by atoms with van der Waals surface area (Å²) in [6.45, 7) is 10.5. The van der Waals surface area contributed by atoms with E-state index in [0.717, 1.165) is 36.4 Å². The molecule has 2 fully saturated rings. The first-order chi connectivity index (χ1) is 18.8. The fourth-order valence-electron chi connectivity index (χ4n) is 5.16. The first-order valence-corrected chi connectivity index (χ1v) is 13.9. The Hall–Kier alpha value is -3.76. The van der Waals surface area contributed by atoms with Crippen molar-refractivity contribution in [2.45, 2.75) is 58.3 Å². The molecule has 0 unspecified atom stereocenters. The molecule has 2 heterocycles. The van der Waals surface area contributed by atoms with Gasteiger partial charge in [-0.2, -0.15) is 0 Å². The Morgan fingerprint density at radius 1 is 1.03 bits per heavy atom. The topological polar surface area (TPSA) is 79.6 Å². The Bertz CT molecular complexity index is 1320. The molecular weight excluding hydrogens is 488 g/mol. The number of amides is 2. The molecule has 0 radical (unpaired) electrons. The van der Waals surface area contributed by atoms with Crippen LogP contribution in [0, 0.1) is 17.3 Å². The Labute approximate surface area is 231 Å². The molecule has 1 aliphatic carbocycles. The fourth-order valence-corrected chi connectivity index (χ4v) is 5.16. The second-order valence-corrected chi connectivity index (χ2v) is 11.8. The molecule has 1 spiro atoms. The van der Waals surface area contributed by atoms with Gasteiger partial charge in [0, 0.05) is 41.4 Å². The van der Waals surface area contributed by atoms with Crippen LogP contribution in [-0.2, 0) is 5.41 Å². The standard InChI is InChI=1S/C32H38N4O3/c1-31(2,3)28-22-29(35-39-28)34-30(37)33-26-12-8-24(9-13-26)6-7-25-10-14-27(15-11-25)38-21-5-19-36-20-18-32(23-36)16-4-17-32/h8-15,22H,4-5,16-21,23H2,1-3H3,(H2,33,34,35,37). The molecule has 7 heteroatoms. The van der Waals surface area contributed by atoms with E-state index < -0.39 is 0 Å². The van der Waals surface area contributed by atoms with Crippen molar-refractivity contribution < 1.29 is 14.1 Å². The number of likely N-dealkylation sites (tertiary alicyclic amines) is 1. The van der Waals surface area contributed by atoms with Gasteiger partial charge in [-0.05, 0) is 86.2 Å². The van der Waals surface area contributed by atoms with Gasteiger partial charge in [0.1, 0.15) is 11.5 Å². The number of rotatable bonds is 7. The van der Waals surface area contributed by atoms with E-state index in [2.05, 4.69) is 32.5 Å². The summed E-state index contributed by atoms with van der Waals surface area (Å²) in [6, 6.07) is 16.7. The number of nitrogens with zero attached hydrogens (tertiary/aromatic N) is 2. The smallest absolute Gasteiger partial charge is 0.324 e. The first-order valence-electron chi connectivity index (χ1n) is 13.9. The average Bonchev–Trinajstić information content (AvgIpc) is 3.55. The summed E-state index contributed by atoms with van der Waals surface area (Å²) >= 11 is 0. The maximum absolute atomic E-state index is 12.3. The van der Waals surface area contributed by atoms with Crippen LogP contribution >= 0.6 is 0 Å². The van der Waals surface area contributed by atoms with E-state index in [4.69, 9.17) is 9.26 Å². The molecule has 7 nitrogen and oxygen atoms in total. The van der Waals surface area contributed by atoms with Gasteiger partial charge in [0.15, 0.2) is 5.82 Å². The van der Waals surface area contributed by atoms with E-state index in [9.17, 15) is 4.79 Å². The Balaban J connectivity index is 1.04. The highest BCUT2D eigenvalue weighted by atomic mass is 16.5. The predicted octanol–water partition coefficient (Wildman–Crippen LogP) is 6.66. The lowest BCUT2D eigenvalue weighted by Crippen LogP contribution is -2.33. The Morgan fingerprint density at radius 3 is 2.31 bits per heavy atom. The largest absolute Gasteiger partial charge is 0.494 e. The van der Waals surface area contributed by atoms with E-state index in [1.807, 2.05) is 69.3 Å². The van der Waals surface area contributed by atoms with Crippen molar-refractivity contribution in [1.29, 1.82) is 0 Å². The molecular formula is C32H38N4O3. The molecule has 3 aromatic rings. The third-order valence-electron chi connectivity index (χ3n) is 7.66. The van der Waals surface area contributed by atoms with Gasteiger partial charge in [0.2, 0.25) is 0 Å². The highest BCUT2D eigenvalue weighted by Gasteiger charge is 2.42. The van der Waals surface area contributed by atoms with E-state index in [1.165, 1.54) is 38.8 Å². The molecule has 39 heavy (non-hydrogen) atoms. The summed E-state index contributed by atoms with van der Waals surface area (Å²) in [6.07, 6.45) is 6.73. The quantitative estimate of drug-likeness (QED) is 0.266. The van der Waals surface area contributed by atoms with Crippen LogP contribution in [0.25, 0.3) is 0 Å². The summed E-state index contributed by atoms with van der Waals surface area (Å²) < 4.78 is 11.2. The van der Waals surface area contributed by atoms with Crippen LogP contribution in [0.15, 0.2) is 59.1 Å². The van der Waals surface area contributed by atoms with E-state index in [-0.39, 0.29) is 11.4 Å². The molecule has 0 bridgehead atoms. The van der Waals surface area contributed by atoms with Gasteiger partial charge in [-0.3, -0.25) is 5.32 Å². The number of urea groups is 1. The third-order valence-corrected chi connectivity index (χ3v) is 7.66. The zero-order valence-corrected chi connectivity index (χ0v) is 23.2. The van der Waals surface area contributed by atoms with Crippen molar-refractivity contribution in [2.75, 3.05) is 36.9 Å². The predicted molar refractivity (Wildman–Crippen MR) is 154 cm³/mol. The maximum Gasteiger partial charge on any atom is 0.324 e. The summed E-state index contributed by atoms with van der Waals surface area (Å²) in [5.74, 6) is 8.32. The highest BCUT2D eigenvalue weighted by molar-refractivity contribution is 5.99. The Morgan fingerprint density at radius 2 is 1.72 bits per heavy atom. The molecule has 2 aromatic carbocycles. The molecule has 1 saturated carbocycles. The van der Waals surface area contributed by atoms with Crippen LogP contribution in [0.5, 0.6) is 5.75 Å². The molecule has 2 amide bonds. The number of benzene rings is 2. The average molecular weight is 527 g/mol. The van der Waals surface area contributed by atoms with Crippen LogP contribution in [0.1, 0.15) is 69.8 Å². The maximum atomic E-state index is 12.3. The minimum atomic E-state index is -0.386. The fraction of sp³-hybridized carbons (Fsp3) is 0.438. The lowest BCUT2D eigenvalue weighted by molar-refractivity contribution is 0.137. The molecule has 2 N–H and O–H groups in total. The van der Waals surface area contributed by atoms with Crippen LogP contribution < -0.4 is 15.4 Å². The lowest BCUT2D eigenvalue weighted by Gasteiger charge is -2.38. The molecule has 1 aromatic heterocycles. The van der Waals surface area contributed by atoms with Gasteiger partial charge < -0.3 is 19.5 Å². The number of aromatic nitrogens is 1. The van der Waals surface area contributed by atoms with Gasteiger partial charge in [-0.25, -0.2) is 4.79 Å². The molecule has 1 aliphatic heterocycles. The lowest BCUT2D eigenvalue weighted by atomic mass is 9.68. The molecule has 5 rings (SSSR count). The van der Waals surface area contributed by atoms with E-state index >= 15 is 0 Å². The van der Waals surface area contributed by atoms with Crippen LogP contribution in [0.2, 0.25) is 0 Å². The van der Waals surface area contributed by atoms with Crippen LogP contribution in [-0.4, -0.2) is 42.3 Å². The number of carbonyl (C=O) groups is 1. The van der Waals surface area contributed by atoms with Crippen molar-refractivity contribution in [1.82, 2.24) is 10.1 Å². The van der Waals surface area contributed by atoms with Crippen molar-refractivity contribution in [3.05, 3.63) is 71.5 Å². The van der Waals surface area contributed by atoms with Crippen molar-refractivity contribution >= 4 is 17.5 Å². The summed E-state index contributed by atoms with van der Waals surface area (Å²) in [5.41, 5.74) is 2.93. The molecule has 2 aliphatic rings. The van der Waals surface area contributed by atoms with Gasteiger partial charge >= 0.3 is 6.03 Å². The van der Waals surface area contributed by atoms with Crippen molar-refractivity contribution in [3.63, 3.8) is 0 Å². The second-order valence-electron chi connectivity index (χ2n) is 11.8. The summed E-state index contributed by atoms with van der Waals surface area (Å²) in [7, 11) is 0. The summed E-state index contributed by atoms with van der Waals surface area (Å²) in [5, 5.41) is 9.39. The number of nitrogens with one attached hydrogen (secondary N) is 2. The minimum absolute atomic E-state index is 0.178. The monoisotopic (exact) mass is 526 g/mol. The zero-order valence-electron chi connectivity index (χ0n) is 23.2. The van der Waals surface area contributed by atoms with E-state index in [0.29, 0.717) is 22.7 Å². The first kappa shape index (κ1) is 26.8. The van der Waals surface area contributed by atoms with Crippen LogP contribution in [0.4, 0.5) is 16.3 Å². The van der Waals surface area contributed by atoms with Gasteiger partial charge in [-0.1, -0.05) is 44.2 Å². The van der Waals surface area contributed by atoms with Crippen molar-refractivity contribution in [2.24, 2.45) is 5.41 Å². The number of ether oxygens (including phenoxy) is 1. The zero-order chi connectivity index (χ0) is 27.3. The number of hydrogen-bond acceptors (Lipinski definition) is 5. The summed E-state index contributed by atoms with van der Waals surface area (Å²) in [4.78, 5) is 14.9. The second kappa shape index (κ2) is 11.5. The molecule has 204 valence electrons. The SMILES string of the molecule is CC(C)(C)c1cc(NC(=O)Nc2ccc(C#Cc3ccc(OCCCN4CCC5(CCC5)C4)cc3)cc2)no1. The number of hydrogen-bond donors (Lipinski definition) is 2. The van der Waals surface area contributed by atoms with Gasteiger partial charge in [-0.15, -0.1) is 0 Å². The minimum Gasteiger partial charge on any atom is -0.494 e. The van der Waals surface area contributed by atoms with Gasteiger partial charge in [0.05, 0.1) is 6.61 Å². The van der Waals surface area contributed by atoms with Crippen molar-refractivity contribution in [3.8, 4) is 17.6 Å². The normalized spacial score (nSPS) is 16.3. The Kier molecular flexibility index (Phi) is 7.94. The highest BCUT2D eigenvalue weighted by Crippen LogP contribution is 2.47. The van der Waals surface area contributed by atoms with Crippen LogP contribution in [0.3, 0.4) is 0 Å². The third kappa shape index (κ3) is 7.21. The van der Waals surface area contributed by atoms with Gasteiger partial charge in [0.25, 0.3) is 0 Å². The van der Waals surface area contributed by atoms with E-state index in [1.54, 1.807) is 6.07 Å².